The molecule has 5 nitrogen and oxygen atoms in total. The van der Waals surface area contributed by atoms with E-state index in [1.807, 2.05) is 6.07 Å². The van der Waals surface area contributed by atoms with Crippen LogP contribution in [0.5, 0.6) is 0 Å². The minimum absolute atomic E-state index is 0.149. The van der Waals surface area contributed by atoms with E-state index < -0.39 is 5.91 Å². The Balaban J connectivity index is 2.30. The van der Waals surface area contributed by atoms with Gasteiger partial charge in [-0.1, -0.05) is 15.9 Å². The number of nitrogens with one attached hydrogen (secondary N) is 1. The van der Waals surface area contributed by atoms with Crippen molar-refractivity contribution in [1.29, 1.82) is 5.26 Å². The summed E-state index contributed by atoms with van der Waals surface area (Å²) in [6, 6.07) is 10.2. The quantitative estimate of drug-likeness (QED) is 0.890. The molecular formula is C13H9BrN4O. The number of benzene rings is 1. The largest absolute Gasteiger partial charge is 0.383 e. The molecule has 94 valence electrons. The highest BCUT2D eigenvalue weighted by Gasteiger charge is 2.12. The number of nitrogens with two attached hydrogens (primary N) is 1. The molecule has 0 saturated carbocycles. The van der Waals surface area contributed by atoms with E-state index in [0.29, 0.717) is 11.3 Å². The zero-order valence-corrected chi connectivity index (χ0v) is 11.3. The van der Waals surface area contributed by atoms with Gasteiger partial charge >= 0.3 is 0 Å². The zero-order valence-electron chi connectivity index (χ0n) is 9.72. The number of carbonyl (C=O) groups excluding carboxylic acids is 1. The number of rotatable bonds is 2. The lowest BCUT2D eigenvalue weighted by Gasteiger charge is -2.08. The number of hydrogen-bond donors (Lipinski definition) is 2. The Morgan fingerprint density at radius 3 is 2.89 bits per heavy atom. The molecule has 0 atom stereocenters. The van der Waals surface area contributed by atoms with Gasteiger partial charge in [0.2, 0.25) is 0 Å². The van der Waals surface area contributed by atoms with Crippen LogP contribution < -0.4 is 11.1 Å². The summed E-state index contributed by atoms with van der Waals surface area (Å²) < 4.78 is 0.767. The van der Waals surface area contributed by atoms with Gasteiger partial charge in [-0.15, -0.1) is 0 Å². The zero-order chi connectivity index (χ0) is 13.8. The lowest BCUT2D eigenvalue weighted by atomic mass is 10.1. The maximum absolute atomic E-state index is 12.0. The summed E-state index contributed by atoms with van der Waals surface area (Å²) >= 11 is 3.27. The Morgan fingerprint density at radius 2 is 2.21 bits per heavy atom. The third kappa shape index (κ3) is 2.89. The van der Waals surface area contributed by atoms with Gasteiger partial charge in [0.25, 0.3) is 5.91 Å². The average Bonchev–Trinajstić information content (AvgIpc) is 2.41. The summed E-state index contributed by atoms with van der Waals surface area (Å²) in [7, 11) is 0. The minimum Gasteiger partial charge on any atom is -0.383 e. The first-order valence-corrected chi connectivity index (χ1v) is 6.12. The third-order valence-corrected chi connectivity index (χ3v) is 2.93. The summed E-state index contributed by atoms with van der Waals surface area (Å²) in [5.41, 5.74) is 6.69. The number of halogens is 1. The molecule has 0 spiro atoms. The molecular weight excluding hydrogens is 308 g/mol. The number of pyridine rings is 1. The number of nitrogen functional groups attached to an aromatic ring is 1. The van der Waals surface area contributed by atoms with Crippen molar-refractivity contribution in [1.82, 2.24) is 4.98 Å². The highest BCUT2D eigenvalue weighted by molar-refractivity contribution is 9.10. The van der Waals surface area contributed by atoms with Crippen molar-refractivity contribution in [3.8, 4) is 6.07 Å². The van der Waals surface area contributed by atoms with Gasteiger partial charge in [0.05, 0.1) is 16.8 Å². The van der Waals surface area contributed by atoms with Crippen LogP contribution in [-0.2, 0) is 0 Å². The minimum atomic E-state index is -0.399. The monoisotopic (exact) mass is 316 g/mol. The Bertz CT molecular complexity index is 679. The first kappa shape index (κ1) is 13.1. The van der Waals surface area contributed by atoms with Crippen LogP contribution in [0, 0.1) is 11.3 Å². The topological polar surface area (TPSA) is 91.8 Å². The predicted molar refractivity (Wildman–Crippen MR) is 75.5 cm³/mol. The van der Waals surface area contributed by atoms with Crippen LogP contribution in [0.25, 0.3) is 0 Å². The molecule has 1 amide bonds. The fraction of sp³-hybridized carbons (Fsp3) is 0. The maximum Gasteiger partial charge on any atom is 0.259 e. The second-order valence-corrected chi connectivity index (χ2v) is 4.61. The smallest absolute Gasteiger partial charge is 0.259 e. The van der Waals surface area contributed by atoms with E-state index in [1.165, 1.54) is 6.20 Å². The molecule has 2 rings (SSSR count). The van der Waals surface area contributed by atoms with Crippen molar-refractivity contribution in [2.45, 2.75) is 0 Å². The average molecular weight is 317 g/mol. The number of anilines is 2. The van der Waals surface area contributed by atoms with Gasteiger partial charge in [-0.3, -0.25) is 4.79 Å². The molecule has 1 heterocycles. The highest BCUT2D eigenvalue weighted by atomic mass is 79.9. The summed E-state index contributed by atoms with van der Waals surface area (Å²) in [5.74, 6) is -0.250. The number of nitriles is 1. The molecule has 0 saturated heterocycles. The Labute approximate surface area is 118 Å². The van der Waals surface area contributed by atoms with Crippen molar-refractivity contribution >= 4 is 33.3 Å². The summed E-state index contributed by atoms with van der Waals surface area (Å²) in [4.78, 5) is 15.9. The van der Waals surface area contributed by atoms with Gasteiger partial charge in [0, 0.05) is 10.7 Å². The van der Waals surface area contributed by atoms with Crippen molar-refractivity contribution < 1.29 is 4.79 Å². The molecule has 0 fully saturated rings. The van der Waals surface area contributed by atoms with Crippen LogP contribution in [-0.4, -0.2) is 10.9 Å². The van der Waals surface area contributed by atoms with Crippen molar-refractivity contribution in [3.63, 3.8) is 0 Å². The summed E-state index contributed by atoms with van der Waals surface area (Å²) in [5, 5.41) is 11.7. The molecule has 0 radical (unpaired) electrons. The molecule has 0 aliphatic rings. The van der Waals surface area contributed by atoms with Gasteiger partial charge in [0.1, 0.15) is 11.9 Å². The first-order valence-electron chi connectivity index (χ1n) is 5.33. The summed E-state index contributed by atoms with van der Waals surface area (Å²) in [6.45, 7) is 0. The van der Waals surface area contributed by atoms with Crippen LogP contribution in [0.15, 0.2) is 41.0 Å². The highest BCUT2D eigenvalue weighted by Crippen LogP contribution is 2.21. The van der Waals surface area contributed by atoms with Crippen LogP contribution in [0.3, 0.4) is 0 Å². The lowest BCUT2D eigenvalue weighted by molar-refractivity contribution is 0.102. The number of hydrogen-bond acceptors (Lipinski definition) is 4. The van der Waals surface area contributed by atoms with Gasteiger partial charge < -0.3 is 11.1 Å². The maximum atomic E-state index is 12.0. The van der Waals surface area contributed by atoms with Crippen molar-refractivity contribution in [2.24, 2.45) is 0 Å². The Hall–Kier alpha value is -2.39. The predicted octanol–water partition coefficient (Wildman–Crippen LogP) is 2.55. The molecule has 6 heteroatoms. The van der Waals surface area contributed by atoms with Gasteiger partial charge in [-0.05, 0) is 30.3 Å². The molecule has 0 unspecified atom stereocenters. The van der Waals surface area contributed by atoms with Crippen LogP contribution >= 0.6 is 15.9 Å². The first-order chi connectivity index (χ1) is 9.11. The van der Waals surface area contributed by atoms with Gasteiger partial charge in [-0.2, -0.15) is 5.26 Å². The van der Waals surface area contributed by atoms with E-state index in [4.69, 9.17) is 11.0 Å². The number of aromatic nitrogens is 1. The fourth-order valence-corrected chi connectivity index (χ4v) is 1.88. The number of carbonyl (C=O) groups is 1. The molecule has 1 aromatic carbocycles. The Morgan fingerprint density at radius 1 is 1.42 bits per heavy atom. The second-order valence-electron chi connectivity index (χ2n) is 3.69. The van der Waals surface area contributed by atoms with E-state index in [-0.39, 0.29) is 11.4 Å². The van der Waals surface area contributed by atoms with Crippen molar-refractivity contribution in [3.05, 3.63) is 52.1 Å². The fourth-order valence-electron chi connectivity index (χ4n) is 1.52. The SMILES string of the molecule is N#Cc1cc(Br)ccc1NC(=O)c1cccnc1N. The van der Waals surface area contributed by atoms with E-state index >= 15 is 0 Å². The molecule has 3 N–H and O–H groups in total. The molecule has 0 bridgehead atoms. The summed E-state index contributed by atoms with van der Waals surface area (Å²) in [6.07, 6.45) is 1.51. The number of nitrogens with zero attached hydrogens (tertiary/aromatic N) is 2. The van der Waals surface area contributed by atoms with Crippen LogP contribution in [0.1, 0.15) is 15.9 Å². The molecule has 1 aromatic heterocycles. The molecule has 0 aliphatic heterocycles. The van der Waals surface area contributed by atoms with Crippen LogP contribution in [0.4, 0.5) is 11.5 Å². The third-order valence-electron chi connectivity index (χ3n) is 2.43. The Kier molecular flexibility index (Phi) is 3.78. The van der Waals surface area contributed by atoms with Crippen molar-refractivity contribution in [2.75, 3.05) is 11.1 Å². The number of amides is 1. The van der Waals surface area contributed by atoms with Gasteiger partial charge in [0.15, 0.2) is 0 Å². The molecule has 19 heavy (non-hydrogen) atoms. The van der Waals surface area contributed by atoms with E-state index in [0.717, 1.165) is 4.47 Å². The van der Waals surface area contributed by atoms with E-state index in [2.05, 4.69) is 26.2 Å². The second kappa shape index (κ2) is 5.50. The standard InChI is InChI=1S/C13H9BrN4O/c14-9-3-4-11(8(6-9)7-15)18-13(19)10-2-1-5-17-12(10)16/h1-6H,(H2,16,17)(H,18,19). The van der Waals surface area contributed by atoms with E-state index in [1.54, 1.807) is 30.3 Å². The lowest BCUT2D eigenvalue weighted by Crippen LogP contribution is -2.15. The molecule has 2 aromatic rings. The molecule has 0 aliphatic carbocycles. The van der Waals surface area contributed by atoms with E-state index in [9.17, 15) is 4.79 Å². The van der Waals surface area contributed by atoms with Gasteiger partial charge in [-0.25, -0.2) is 4.98 Å². The normalized spacial score (nSPS) is 9.68. The van der Waals surface area contributed by atoms with Crippen LogP contribution in [0.2, 0.25) is 0 Å².